The lowest BCUT2D eigenvalue weighted by Crippen LogP contribution is -2.09. The summed E-state index contributed by atoms with van der Waals surface area (Å²) in [6, 6.07) is 2.01. The molecule has 1 atom stereocenters. The van der Waals surface area contributed by atoms with E-state index in [0.29, 0.717) is 0 Å². The molecule has 0 spiro atoms. The lowest BCUT2D eigenvalue weighted by Gasteiger charge is -2.12. The Morgan fingerprint density at radius 3 is 3.00 bits per heavy atom. The second-order valence-corrected chi connectivity index (χ2v) is 4.30. The number of nitrogens with one attached hydrogen (secondary N) is 2. The Morgan fingerprint density at radius 1 is 1.37 bits per heavy atom. The standard InChI is InChI=1S/C12H15N7/c1-3-19-7-15-10-11(13-6-14-12(10)19)17-8(2)9-4-5-16-18-9/h4-8H,3H2,1-2H3,(H,16,18)(H,13,14,17)/t8-/m1/s1. The van der Waals surface area contributed by atoms with Crippen molar-refractivity contribution in [2.24, 2.45) is 0 Å². The van der Waals surface area contributed by atoms with Crippen molar-refractivity contribution in [1.82, 2.24) is 29.7 Å². The molecule has 19 heavy (non-hydrogen) atoms. The molecule has 0 bridgehead atoms. The van der Waals surface area contributed by atoms with Crippen LogP contribution in [0.3, 0.4) is 0 Å². The molecule has 0 aliphatic carbocycles. The monoisotopic (exact) mass is 257 g/mol. The van der Waals surface area contributed by atoms with Crippen molar-refractivity contribution in [3.8, 4) is 0 Å². The molecule has 7 nitrogen and oxygen atoms in total. The Kier molecular flexibility index (Phi) is 2.86. The smallest absolute Gasteiger partial charge is 0.165 e. The molecule has 0 amide bonds. The number of aromatic nitrogens is 6. The first-order valence-corrected chi connectivity index (χ1v) is 6.21. The number of H-pyrrole nitrogens is 1. The van der Waals surface area contributed by atoms with E-state index >= 15 is 0 Å². The Hall–Kier alpha value is -2.44. The fraction of sp³-hybridized carbons (Fsp3) is 0.333. The summed E-state index contributed by atoms with van der Waals surface area (Å²) < 4.78 is 1.99. The summed E-state index contributed by atoms with van der Waals surface area (Å²) in [5.41, 5.74) is 2.63. The van der Waals surface area contributed by atoms with Crippen molar-refractivity contribution in [3.63, 3.8) is 0 Å². The topological polar surface area (TPSA) is 84.3 Å². The maximum Gasteiger partial charge on any atom is 0.165 e. The normalized spacial score (nSPS) is 12.7. The van der Waals surface area contributed by atoms with Crippen LogP contribution in [0.4, 0.5) is 5.82 Å². The van der Waals surface area contributed by atoms with Gasteiger partial charge in [-0.2, -0.15) is 5.10 Å². The van der Waals surface area contributed by atoms with Gasteiger partial charge in [0.2, 0.25) is 0 Å². The number of aromatic amines is 1. The summed E-state index contributed by atoms with van der Waals surface area (Å²) in [7, 11) is 0. The largest absolute Gasteiger partial charge is 0.360 e. The van der Waals surface area contributed by atoms with E-state index in [2.05, 4.69) is 37.4 Å². The highest BCUT2D eigenvalue weighted by Crippen LogP contribution is 2.21. The first-order chi connectivity index (χ1) is 9.29. The zero-order valence-corrected chi connectivity index (χ0v) is 10.8. The van der Waals surface area contributed by atoms with Crippen molar-refractivity contribution >= 4 is 17.0 Å². The van der Waals surface area contributed by atoms with Gasteiger partial charge < -0.3 is 9.88 Å². The van der Waals surface area contributed by atoms with Crippen molar-refractivity contribution in [1.29, 1.82) is 0 Å². The number of aryl methyl sites for hydroxylation is 1. The van der Waals surface area contributed by atoms with E-state index in [1.807, 2.05) is 17.6 Å². The van der Waals surface area contributed by atoms with E-state index < -0.39 is 0 Å². The quantitative estimate of drug-likeness (QED) is 0.743. The van der Waals surface area contributed by atoms with Crippen LogP contribution in [0.5, 0.6) is 0 Å². The predicted octanol–water partition coefficient (Wildman–Crippen LogP) is 1.74. The maximum atomic E-state index is 4.37. The van der Waals surface area contributed by atoms with Gasteiger partial charge in [-0.25, -0.2) is 15.0 Å². The van der Waals surface area contributed by atoms with E-state index in [1.165, 1.54) is 0 Å². The van der Waals surface area contributed by atoms with Gasteiger partial charge in [-0.1, -0.05) is 0 Å². The first kappa shape index (κ1) is 11.6. The molecule has 0 aliphatic rings. The Morgan fingerprint density at radius 2 is 2.26 bits per heavy atom. The lowest BCUT2D eigenvalue weighted by molar-refractivity contribution is 0.777. The maximum absolute atomic E-state index is 4.37. The Labute approximate surface area is 110 Å². The highest BCUT2D eigenvalue weighted by molar-refractivity contribution is 5.82. The van der Waals surface area contributed by atoms with Gasteiger partial charge in [0, 0.05) is 12.7 Å². The van der Waals surface area contributed by atoms with Crippen LogP contribution in [0.2, 0.25) is 0 Å². The van der Waals surface area contributed by atoms with E-state index in [1.54, 1.807) is 18.9 Å². The molecule has 0 fully saturated rings. The van der Waals surface area contributed by atoms with Gasteiger partial charge in [0.25, 0.3) is 0 Å². The molecule has 3 aromatic rings. The van der Waals surface area contributed by atoms with Crippen LogP contribution in [-0.2, 0) is 6.54 Å². The summed E-state index contributed by atoms with van der Waals surface area (Å²) in [5, 5.41) is 10.2. The van der Waals surface area contributed by atoms with E-state index in [0.717, 1.165) is 29.2 Å². The fourth-order valence-electron chi connectivity index (χ4n) is 2.01. The minimum absolute atomic E-state index is 0.0763. The molecular weight excluding hydrogens is 242 g/mol. The highest BCUT2D eigenvalue weighted by Gasteiger charge is 2.13. The number of hydrogen-bond donors (Lipinski definition) is 2. The van der Waals surface area contributed by atoms with Gasteiger partial charge in [0.1, 0.15) is 11.8 Å². The molecule has 0 saturated heterocycles. The minimum Gasteiger partial charge on any atom is -0.360 e. The number of fused-ring (bicyclic) bond motifs is 1. The second kappa shape index (κ2) is 4.68. The molecule has 7 heteroatoms. The van der Waals surface area contributed by atoms with Crippen LogP contribution in [0.25, 0.3) is 11.2 Å². The second-order valence-electron chi connectivity index (χ2n) is 4.30. The zero-order valence-electron chi connectivity index (χ0n) is 10.8. The van der Waals surface area contributed by atoms with Crippen molar-refractivity contribution in [2.75, 3.05) is 5.32 Å². The average Bonchev–Trinajstić information content (AvgIpc) is 3.08. The third kappa shape index (κ3) is 2.03. The average molecular weight is 257 g/mol. The summed E-state index contributed by atoms with van der Waals surface area (Å²) in [6.45, 7) is 4.94. The first-order valence-electron chi connectivity index (χ1n) is 6.21. The number of hydrogen-bond acceptors (Lipinski definition) is 5. The summed E-state index contributed by atoms with van der Waals surface area (Å²) in [6.07, 6.45) is 5.07. The van der Waals surface area contributed by atoms with Crippen LogP contribution < -0.4 is 5.32 Å². The van der Waals surface area contributed by atoms with Gasteiger partial charge in [0.05, 0.1) is 18.1 Å². The van der Waals surface area contributed by atoms with Gasteiger partial charge in [-0.05, 0) is 19.9 Å². The molecule has 0 aliphatic heterocycles. The molecule has 0 saturated carbocycles. The van der Waals surface area contributed by atoms with Gasteiger partial charge in [0.15, 0.2) is 11.5 Å². The summed E-state index contributed by atoms with van der Waals surface area (Å²) in [4.78, 5) is 12.9. The molecule has 3 heterocycles. The van der Waals surface area contributed by atoms with Crippen LogP contribution in [0.15, 0.2) is 24.9 Å². The molecule has 2 N–H and O–H groups in total. The van der Waals surface area contributed by atoms with Crippen LogP contribution in [0, 0.1) is 0 Å². The highest BCUT2D eigenvalue weighted by atomic mass is 15.2. The number of anilines is 1. The van der Waals surface area contributed by atoms with Crippen molar-refractivity contribution < 1.29 is 0 Å². The van der Waals surface area contributed by atoms with Crippen LogP contribution in [-0.4, -0.2) is 29.7 Å². The molecular formula is C12H15N7. The van der Waals surface area contributed by atoms with Gasteiger partial charge in [-0.15, -0.1) is 0 Å². The van der Waals surface area contributed by atoms with Crippen LogP contribution in [0.1, 0.15) is 25.6 Å². The fourth-order valence-corrected chi connectivity index (χ4v) is 2.01. The molecule has 0 unspecified atom stereocenters. The molecule has 98 valence electrons. The Balaban J connectivity index is 1.95. The van der Waals surface area contributed by atoms with E-state index in [4.69, 9.17) is 0 Å². The summed E-state index contributed by atoms with van der Waals surface area (Å²) in [5.74, 6) is 0.735. The van der Waals surface area contributed by atoms with Gasteiger partial charge in [-0.3, -0.25) is 5.10 Å². The molecule has 3 rings (SSSR count). The zero-order chi connectivity index (χ0) is 13.2. The number of rotatable bonds is 4. The van der Waals surface area contributed by atoms with Crippen molar-refractivity contribution in [2.45, 2.75) is 26.4 Å². The van der Waals surface area contributed by atoms with Crippen LogP contribution >= 0.6 is 0 Å². The third-order valence-corrected chi connectivity index (χ3v) is 3.08. The minimum atomic E-state index is 0.0763. The lowest BCUT2D eigenvalue weighted by atomic mass is 10.2. The van der Waals surface area contributed by atoms with Gasteiger partial charge >= 0.3 is 0 Å². The molecule has 0 aromatic carbocycles. The number of nitrogens with zero attached hydrogens (tertiary/aromatic N) is 5. The SMILES string of the molecule is CCn1cnc2c(N[C@H](C)c3ccn[nH]3)ncnc21. The van der Waals surface area contributed by atoms with E-state index in [-0.39, 0.29) is 6.04 Å². The predicted molar refractivity (Wildman–Crippen MR) is 71.6 cm³/mol. The Bertz CT molecular complexity index is 671. The number of imidazole rings is 1. The molecule has 0 radical (unpaired) electrons. The summed E-state index contributed by atoms with van der Waals surface area (Å²) >= 11 is 0. The van der Waals surface area contributed by atoms with E-state index in [9.17, 15) is 0 Å². The van der Waals surface area contributed by atoms with Crippen molar-refractivity contribution in [3.05, 3.63) is 30.6 Å². The molecule has 3 aromatic heterocycles. The third-order valence-electron chi connectivity index (χ3n) is 3.08.